The highest BCUT2D eigenvalue weighted by Gasteiger charge is 2.47. The molecule has 3 heteroatoms. The molecular weight excluding hydrogens is 406 g/mol. The largest absolute Gasteiger partial charge is 0.334 e. The molecule has 0 unspecified atom stereocenters. The summed E-state index contributed by atoms with van der Waals surface area (Å²) in [4.78, 5) is 14.6. The van der Waals surface area contributed by atoms with Gasteiger partial charge in [0.05, 0.1) is 5.69 Å². The summed E-state index contributed by atoms with van der Waals surface area (Å²) >= 11 is 0. The van der Waals surface area contributed by atoms with Crippen molar-refractivity contribution >= 4 is 17.7 Å². The summed E-state index contributed by atoms with van der Waals surface area (Å²) in [6, 6.07) is 38.6. The van der Waals surface area contributed by atoms with Gasteiger partial charge in [-0.3, -0.25) is 9.69 Å². The van der Waals surface area contributed by atoms with Gasteiger partial charge in [-0.05, 0) is 28.8 Å². The number of fused-ring (bicyclic) bond motifs is 1. The van der Waals surface area contributed by atoms with Crippen molar-refractivity contribution in [2.24, 2.45) is 0 Å². The van der Waals surface area contributed by atoms with Gasteiger partial charge in [0, 0.05) is 12.5 Å². The Balaban J connectivity index is 1.76. The summed E-state index contributed by atoms with van der Waals surface area (Å²) in [5.74, 6) is -0.0696. The Labute approximate surface area is 194 Å². The molecule has 33 heavy (non-hydrogen) atoms. The number of anilines is 1. The lowest BCUT2D eigenvalue weighted by Gasteiger charge is -2.47. The molecule has 0 aromatic heterocycles. The molecule has 1 aliphatic rings. The molecule has 0 fully saturated rings. The molecule has 4 aromatic carbocycles. The number of hydrogen-bond acceptors (Lipinski definition) is 2. The first-order valence-electron chi connectivity index (χ1n) is 11.1. The predicted octanol–water partition coefficient (Wildman–Crippen LogP) is 6.40. The minimum absolute atomic E-state index is 0.0696. The number of nitrogens with zero attached hydrogens (tertiary/aromatic N) is 1. The number of ether oxygens (including phenoxy) is 1. The molecule has 1 atom stereocenters. The van der Waals surface area contributed by atoms with Crippen LogP contribution in [-0.4, -0.2) is 12.1 Å². The third kappa shape index (κ3) is 3.77. The lowest BCUT2D eigenvalue weighted by Crippen LogP contribution is -2.51. The number of carbonyl (C=O) groups is 1. The SMILES string of the molecule is CC(=O)N1c2ccccc2C(c2ccccc2)(c2ccccc2)O[C@@H]1C=Cc1ccccc1. The monoisotopic (exact) mass is 431 g/mol. The van der Waals surface area contributed by atoms with E-state index in [0.717, 1.165) is 27.9 Å². The first-order valence-corrected chi connectivity index (χ1v) is 11.1. The molecule has 3 nitrogen and oxygen atoms in total. The van der Waals surface area contributed by atoms with Crippen molar-refractivity contribution in [2.45, 2.75) is 18.8 Å². The summed E-state index contributed by atoms with van der Waals surface area (Å²) in [5.41, 5.74) is 4.02. The summed E-state index contributed by atoms with van der Waals surface area (Å²) in [5, 5.41) is 0. The number of amides is 1. The van der Waals surface area contributed by atoms with Gasteiger partial charge in [-0.15, -0.1) is 0 Å². The average Bonchev–Trinajstić information content (AvgIpc) is 2.88. The van der Waals surface area contributed by atoms with E-state index in [1.807, 2.05) is 97.1 Å². The fourth-order valence-corrected chi connectivity index (χ4v) is 4.61. The normalized spacial score (nSPS) is 17.0. The number of para-hydroxylation sites is 1. The maximum Gasteiger partial charge on any atom is 0.226 e. The first-order chi connectivity index (χ1) is 16.2. The van der Waals surface area contributed by atoms with Gasteiger partial charge in [0.2, 0.25) is 5.91 Å². The van der Waals surface area contributed by atoms with Crippen LogP contribution in [0.3, 0.4) is 0 Å². The van der Waals surface area contributed by atoms with E-state index in [9.17, 15) is 4.79 Å². The van der Waals surface area contributed by atoms with Crippen molar-refractivity contribution in [3.63, 3.8) is 0 Å². The molecule has 5 rings (SSSR count). The summed E-state index contributed by atoms with van der Waals surface area (Å²) < 4.78 is 6.99. The van der Waals surface area contributed by atoms with E-state index in [4.69, 9.17) is 4.74 Å². The van der Waals surface area contributed by atoms with Crippen LogP contribution in [0.1, 0.15) is 29.2 Å². The lowest BCUT2D eigenvalue weighted by atomic mass is 9.78. The van der Waals surface area contributed by atoms with Crippen LogP contribution in [-0.2, 0) is 15.1 Å². The highest BCUT2D eigenvalue weighted by molar-refractivity contribution is 5.94. The van der Waals surface area contributed by atoms with E-state index < -0.39 is 11.8 Å². The molecule has 0 spiro atoms. The first kappa shape index (κ1) is 20.9. The number of hydrogen-bond donors (Lipinski definition) is 0. The van der Waals surface area contributed by atoms with Gasteiger partial charge in [0.1, 0.15) is 5.60 Å². The summed E-state index contributed by atoms with van der Waals surface area (Å²) in [6.45, 7) is 1.58. The number of benzene rings is 4. The smallest absolute Gasteiger partial charge is 0.226 e. The van der Waals surface area contributed by atoms with E-state index in [-0.39, 0.29) is 5.91 Å². The molecule has 0 bridgehead atoms. The highest BCUT2D eigenvalue weighted by atomic mass is 16.5. The maximum atomic E-state index is 12.9. The van der Waals surface area contributed by atoms with E-state index >= 15 is 0 Å². The zero-order valence-electron chi connectivity index (χ0n) is 18.5. The highest BCUT2D eigenvalue weighted by Crippen LogP contribution is 2.49. The Morgan fingerprint density at radius 1 is 0.758 bits per heavy atom. The second-order valence-electron chi connectivity index (χ2n) is 8.10. The third-order valence-electron chi connectivity index (χ3n) is 6.05. The summed E-state index contributed by atoms with van der Waals surface area (Å²) in [6.07, 6.45) is 3.39. The standard InChI is InChI=1S/C30H25NO2/c1-23(32)31-28-20-12-11-19-27(28)30(25-15-7-3-8-16-25,26-17-9-4-10-18-26)33-29(31)22-21-24-13-5-2-6-14-24/h2-22,29H,1H3/t29-/m1/s1. The number of rotatable bonds is 4. The van der Waals surface area contributed by atoms with Crippen LogP contribution in [0.2, 0.25) is 0 Å². The molecule has 0 saturated heterocycles. The van der Waals surface area contributed by atoms with Crippen LogP contribution in [0.5, 0.6) is 0 Å². The van der Waals surface area contributed by atoms with Crippen molar-refractivity contribution in [3.8, 4) is 0 Å². The predicted molar refractivity (Wildman–Crippen MR) is 133 cm³/mol. The average molecular weight is 432 g/mol. The van der Waals surface area contributed by atoms with Crippen LogP contribution in [0, 0.1) is 0 Å². The topological polar surface area (TPSA) is 29.5 Å². The van der Waals surface area contributed by atoms with Crippen molar-refractivity contribution in [1.29, 1.82) is 0 Å². The minimum Gasteiger partial charge on any atom is -0.334 e. The Morgan fingerprint density at radius 2 is 1.27 bits per heavy atom. The molecule has 0 N–H and O–H groups in total. The fraction of sp³-hybridized carbons (Fsp3) is 0.100. The van der Waals surface area contributed by atoms with Crippen molar-refractivity contribution in [1.82, 2.24) is 0 Å². The molecule has 0 saturated carbocycles. The van der Waals surface area contributed by atoms with Gasteiger partial charge in [-0.25, -0.2) is 0 Å². The molecule has 1 heterocycles. The Bertz CT molecular complexity index is 1230. The molecule has 1 aliphatic heterocycles. The second kappa shape index (κ2) is 8.89. The molecule has 0 radical (unpaired) electrons. The zero-order chi connectivity index (χ0) is 22.7. The number of carbonyl (C=O) groups excluding carboxylic acids is 1. The van der Waals surface area contributed by atoms with Crippen LogP contribution in [0.4, 0.5) is 5.69 Å². The maximum absolute atomic E-state index is 12.9. The quantitative estimate of drug-likeness (QED) is 0.374. The van der Waals surface area contributed by atoms with Crippen molar-refractivity contribution in [3.05, 3.63) is 144 Å². The molecular formula is C30H25NO2. The van der Waals surface area contributed by atoms with E-state index in [0.29, 0.717) is 0 Å². The van der Waals surface area contributed by atoms with Gasteiger partial charge in [0.25, 0.3) is 0 Å². The molecule has 0 aliphatic carbocycles. The Morgan fingerprint density at radius 3 is 1.85 bits per heavy atom. The van der Waals surface area contributed by atoms with Crippen LogP contribution < -0.4 is 4.90 Å². The van der Waals surface area contributed by atoms with Gasteiger partial charge >= 0.3 is 0 Å². The van der Waals surface area contributed by atoms with E-state index in [2.05, 4.69) is 30.3 Å². The van der Waals surface area contributed by atoms with Crippen molar-refractivity contribution < 1.29 is 9.53 Å². The fourth-order valence-electron chi connectivity index (χ4n) is 4.61. The van der Waals surface area contributed by atoms with Crippen molar-refractivity contribution in [2.75, 3.05) is 4.90 Å². The van der Waals surface area contributed by atoms with Gasteiger partial charge in [0.15, 0.2) is 6.23 Å². The minimum atomic E-state index is -0.864. The Hall–Kier alpha value is -3.95. The van der Waals surface area contributed by atoms with Gasteiger partial charge in [-0.2, -0.15) is 0 Å². The van der Waals surface area contributed by atoms with E-state index in [1.165, 1.54) is 0 Å². The van der Waals surface area contributed by atoms with Crippen LogP contribution in [0.25, 0.3) is 6.08 Å². The van der Waals surface area contributed by atoms with Gasteiger partial charge < -0.3 is 4.74 Å². The molecule has 1 amide bonds. The molecule has 4 aromatic rings. The zero-order valence-corrected chi connectivity index (χ0v) is 18.5. The second-order valence-corrected chi connectivity index (χ2v) is 8.10. The summed E-state index contributed by atoms with van der Waals surface area (Å²) in [7, 11) is 0. The molecule has 162 valence electrons. The van der Waals surface area contributed by atoms with Crippen LogP contribution in [0.15, 0.2) is 121 Å². The van der Waals surface area contributed by atoms with Gasteiger partial charge in [-0.1, -0.05) is 115 Å². The third-order valence-corrected chi connectivity index (χ3v) is 6.05. The Kier molecular flexibility index (Phi) is 5.64. The van der Waals surface area contributed by atoms with E-state index in [1.54, 1.807) is 11.8 Å². The lowest BCUT2D eigenvalue weighted by molar-refractivity contribution is -0.121. The van der Waals surface area contributed by atoms with Crippen LogP contribution >= 0.6 is 0 Å².